The number of thioether (sulfide) groups is 1. The summed E-state index contributed by atoms with van der Waals surface area (Å²) in [6, 6.07) is 35.0. The Kier molecular flexibility index (Phi) is 9.23. The molecule has 2 aliphatic heterocycles. The van der Waals surface area contributed by atoms with E-state index in [1.807, 2.05) is 97.1 Å². The molecule has 1 unspecified atom stereocenters. The highest BCUT2D eigenvalue weighted by atomic mass is 32.2. The molecule has 0 saturated carbocycles. The highest BCUT2D eigenvalue weighted by Gasteiger charge is 2.54. The summed E-state index contributed by atoms with van der Waals surface area (Å²) in [4.78, 5) is 42.5. The summed E-state index contributed by atoms with van der Waals surface area (Å²) < 4.78 is 7.37. The van der Waals surface area contributed by atoms with Crippen LogP contribution in [0.4, 0.5) is 0 Å². The fraction of sp³-hybridized carbons (Fsp3) is 0.158. The standard InChI is InChI=1S/C38H30N2O5S3/c41-21-24-16-17-27-29(42)20-31(48-30(27)18-24)28-22-47-37-33(39-32(43)19-23-10-4-1-5-11-23)36(44)40(37)34(28)38(46)45-35(25-12-6-2-7-13-25)26-14-8-3-9-15-26/h1-18,20,33,35,37,41H,19,21-22H2,(H,39,43)/t33?,37-/m1/s1. The van der Waals surface area contributed by atoms with Gasteiger partial charge in [0.1, 0.15) is 23.2 Å². The van der Waals surface area contributed by atoms with Crippen molar-refractivity contribution in [3.63, 3.8) is 0 Å². The number of amides is 2. The molecule has 2 aliphatic rings. The Morgan fingerprint density at radius 2 is 1.54 bits per heavy atom. The third-order valence-corrected chi connectivity index (χ3v) is 11.1. The molecule has 10 heteroatoms. The molecular weight excluding hydrogens is 661 g/mol. The minimum Gasteiger partial charge on any atom is -0.469 e. The van der Waals surface area contributed by atoms with Gasteiger partial charge in [0.2, 0.25) is 11.0 Å². The number of ether oxygens (including phenoxy) is 1. The molecular formula is C38H30N2O5S3. The lowest BCUT2D eigenvalue weighted by Crippen LogP contribution is -2.70. The molecule has 5 aromatic rings. The lowest BCUT2D eigenvalue weighted by Gasteiger charge is -2.50. The quantitative estimate of drug-likeness (QED) is 0.140. The molecule has 0 aliphatic carbocycles. The summed E-state index contributed by atoms with van der Waals surface area (Å²) in [5.74, 6) is -0.102. The number of benzene rings is 4. The van der Waals surface area contributed by atoms with Crippen LogP contribution in [0, 0.1) is 0 Å². The number of β-lactam (4-membered cyclic amide) rings is 1. The second kappa shape index (κ2) is 13.9. The maximum Gasteiger partial charge on any atom is 0.253 e. The molecule has 7 nitrogen and oxygen atoms in total. The predicted molar refractivity (Wildman–Crippen MR) is 195 cm³/mol. The second-order valence-corrected chi connectivity index (χ2v) is 14.1. The number of nitrogens with one attached hydrogen (secondary N) is 1. The summed E-state index contributed by atoms with van der Waals surface area (Å²) in [7, 11) is 0. The summed E-state index contributed by atoms with van der Waals surface area (Å²) in [6.45, 7) is -0.148. The van der Waals surface area contributed by atoms with E-state index >= 15 is 0 Å². The number of hydrogen-bond donors (Lipinski definition) is 2. The molecule has 7 rings (SSSR count). The number of thiocarbonyl (C=S) groups is 1. The predicted octanol–water partition coefficient (Wildman–Crippen LogP) is 6.24. The van der Waals surface area contributed by atoms with Gasteiger partial charge in [-0.2, -0.15) is 0 Å². The van der Waals surface area contributed by atoms with Crippen LogP contribution in [0.3, 0.4) is 0 Å². The molecule has 1 saturated heterocycles. The average molecular weight is 691 g/mol. The van der Waals surface area contributed by atoms with Crippen molar-refractivity contribution in [1.82, 2.24) is 10.2 Å². The lowest BCUT2D eigenvalue weighted by atomic mass is 10.00. The van der Waals surface area contributed by atoms with Gasteiger partial charge in [0.05, 0.1) is 13.0 Å². The number of hydrogen-bond acceptors (Lipinski definition) is 8. The van der Waals surface area contributed by atoms with Gasteiger partial charge in [-0.05, 0) is 46.6 Å². The van der Waals surface area contributed by atoms with Gasteiger partial charge < -0.3 is 15.2 Å². The van der Waals surface area contributed by atoms with Crippen LogP contribution in [-0.2, 0) is 27.4 Å². The zero-order chi connectivity index (χ0) is 33.2. The number of fused-ring (bicyclic) bond motifs is 2. The van der Waals surface area contributed by atoms with Crippen molar-refractivity contribution in [1.29, 1.82) is 0 Å². The maximum atomic E-state index is 13.9. The number of carbonyl (C=O) groups excluding carboxylic acids is 2. The first kappa shape index (κ1) is 32.0. The molecule has 1 aromatic heterocycles. The normalized spacial score (nSPS) is 17.2. The van der Waals surface area contributed by atoms with E-state index in [2.05, 4.69) is 5.32 Å². The summed E-state index contributed by atoms with van der Waals surface area (Å²) in [5.41, 5.74) is 4.31. The number of rotatable bonds is 9. The topological polar surface area (TPSA) is 95.9 Å². The van der Waals surface area contributed by atoms with Crippen molar-refractivity contribution in [3.05, 3.63) is 158 Å². The van der Waals surface area contributed by atoms with Gasteiger partial charge in [0, 0.05) is 32.4 Å². The maximum absolute atomic E-state index is 13.9. The Hall–Kier alpha value is -4.61. The van der Waals surface area contributed by atoms with Gasteiger partial charge in [-0.15, -0.1) is 23.1 Å². The van der Waals surface area contributed by atoms with Crippen LogP contribution in [-0.4, -0.2) is 44.0 Å². The van der Waals surface area contributed by atoms with Crippen LogP contribution in [0.5, 0.6) is 0 Å². The van der Waals surface area contributed by atoms with Crippen molar-refractivity contribution in [2.24, 2.45) is 0 Å². The summed E-state index contributed by atoms with van der Waals surface area (Å²) in [5, 5.41) is 13.0. The van der Waals surface area contributed by atoms with E-state index in [1.54, 1.807) is 23.1 Å². The highest BCUT2D eigenvalue weighted by molar-refractivity contribution is 8.00. The lowest BCUT2D eigenvalue weighted by molar-refractivity contribution is -0.145. The Bertz CT molecular complexity index is 2060. The molecule has 0 radical (unpaired) electrons. The van der Waals surface area contributed by atoms with Crippen molar-refractivity contribution in [2.75, 3.05) is 5.75 Å². The van der Waals surface area contributed by atoms with Gasteiger partial charge in [-0.1, -0.05) is 97.1 Å². The first-order chi connectivity index (χ1) is 23.4. The minimum atomic E-state index is -0.730. The third kappa shape index (κ3) is 6.32. The van der Waals surface area contributed by atoms with E-state index in [1.165, 1.54) is 23.1 Å². The van der Waals surface area contributed by atoms with E-state index in [9.17, 15) is 19.5 Å². The van der Waals surface area contributed by atoms with Gasteiger partial charge in [-0.25, -0.2) is 0 Å². The summed E-state index contributed by atoms with van der Waals surface area (Å²) >= 11 is 8.96. The average Bonchev–Trinajstić information content (AvgIpc) is 3.12. The monoisotopic (exact) mass is 690 g/mol. The van der Waals surface area contributed by atoms with E-state index < -0.39 is 17.5 Å². The molecule has 0 spiro atoms. The molecule has 240 valence electrons. The molecule has 0 bridgehead atoms. The number of nitrogens with zero attached hydrogens (tertiary/aromatic N) is 1. The van der Waals surface area contributed by atoms with E-state index in [0.717, 1.165) is 21.4 Å². The summed E-state index contributed by atoms with van der Waals surface area (Å²) in [6.07, 6.45) is -0.393. The molecule has 2 amide bonds. The zero-order valence-corrected chi connectivity index (χ0v) is 28.0. The fourth-order valence-corrected chi connectivity index (χ4v) is 8.95. The largest absolute Gasteiger partial charge is 0.469 e. The smallest absolute Gasteiger partial charge is 0.253 e. The highest BCUT2D eigenvalue weighted by Crippen LogP contribution is 2.45. The molecule has 2 atom stereocenters. The third-order valence-electron chi connectivity index (χ3n) is 8.39. The molecule has 2 N–H and O–H groups in total. The van der Waals surface area contributed by atoms with Crippen LogP contribution in [0.25, 0.3) is 15.7 Å². The number of carbonyl (C=O) groups is 2. The first-order valence-corrected chi connectivity index (χ1v) is 17.7. The first-order valence-electron chi connectivity index (χ1n) is 15.4. The van der Waals surface area contributed by atoms with Gasteiger partial charge in [0.25, 0.3) is 5.91 Å². The molecule has 48 heavy (non-hydrogen) atoms. The van der Waals surface area contributed by atoms with Crippen LogP contribution < -0.4 is 10.7 Å². The van der Waals surface area contributed by atoms with Crippen LogP contribution in [0.15, 0.2) is 126 Å². The van der Waals surface area contributed by atoms with Gasteiger partial charge in [-0.3, -0.25) is 19.3 Å². The number of aliphatic hydroxyl groups is 1. The Morgan fingerprint density at radius 3 is 2.19 bits per heavy atom. The van der Waals surface area contributed by atoms with Gasteiger partial charge >= 0.3 is 0 Å². The SMILES string of the molecule is O=C(Cc1ccccc1)NC1C(=O)N2C(C(=S)OC(c3ccccc3)c3ccccc3)=C(c3cc(=O)c4ccc(CO)cc4s3)CS[C@H]12. The molecule has 4 aromatic carbocycles. The van der Waals surface area contributed by atoms with E-state index in [-0.39, 0.29) is 35.3 Å². The Balaban J connectivity index is 1.27. The zero-order valence-electron chi connectivity index (χ0n) is 25.6. The molecule has 3 heterocycles. The van der Waals surface area contributed by atoms with Gasteiger partial charge in [0.15, 0.2) is 5.43 Å². The molecule has 1 fully saturated rings. The number of aliphatic hydroxyl groups excluding tert-OH is 1. The van der Waals surface area contributed by atoms with Crippen LogP contribution >= 0.6 is 35.3 Å². The fourth-order valence-electron chi connectivity index (χ4n) is 6.00. The van der Waals surface area contributed by atoms with E-state index in [4.69, 9.17) is 17.0 Å². The second-order valence-electron chi connectivity index (χ2n) is 11.5. The van der Waals surface area contributed by atoms with Crippen LogP contribution in [0.1, 0.15) is 33.2 Å². The van der Waals surface area contributed by atoms with Crippen LogP contribution in [0.2, 0.25) is 0 Å². The Labute approximate surface area is 290 Å². The van der Waals surface area contributed by atoms with Crippen molar-refractivity contribution in [2.45, 2.75) is 30.5 Å². The Morgan fingerprint density at radius 1 is 0.896 bits per heavy atom. The minimum absolute atomic E-state index is 0.124. The van der Waals surface area contributed by atoms with Crippen molar-refractivity contribution >= 4 is 67.8 Å². The van der Waals surface area contributed by atoms with Crippen molar-refractivity contribution in [3.8, 4) is 0 Å². The van der Waals surface area contributed by atoms with Crippen molar-refractivity contribution < 1.29 is 19.4 Å². The van der Waals surface area contributed by atoms with E-state index in [0.29, 0.717) is 32.8 Å².